The van der Waals surface area contributed by atoms with E-state index in [1.54, 1.807) is 25.1 Å². The number of aliphatic carboxylic acids is 1. The van der Waals surface area contributed by atoms with Crippen molar-refractivity contribution in [1.29, 1.82) is 0 Å². The molecule has 8 heteroatoms. The molecular formula is C28H46N4O4. The number of rotatable bonds is 11. The number of amides is 2. The fraction of sp³-hybridized carbons (Fsp3) is 0.607. The number of hydrogen-bond donors (Lipinski definition) is 4. The van der Waals surface area contributed by atoms with Crippen LogP contribution in [0.1, 0.15) is 66.5 Å². The summed E-state index contributed by atoms with van der Waals surface area (Å²) in [6.07, 6.45) is 1.59. The van der Waals surface area contributed by atoms with Crippen LogP contribution >= 0.6 is 0 Å². The van der Waals surface area contributed by atoms with Crippen LogP contribution in [0.3, 0.4) is 0 Å². The summed E-state index contributed by atoms with van der Waals surface area (Å²) in [7, 11) is 3.39. The molecular weight excluding hydrogens is 456 g/mol. The van der Waals surface area contributed by atoms with Crippen molar-refractivity contribution in [3.8, 4) is 0 Å². The SMILES string of the molecule is CN[C@@H](C(=O)N[C@H](C(=O)N(C)[C@H](/C=C(\C)C(=O)O)C(C)C)C(C)(C)C)C(C)(C)c1ccc(CN)cc1. The van der Waals surface area contributed by atoms with Gasteiger partial charge < -0.3 is 26.4 Å². The van der Waals surface area contributed by atoms with Crippen LogP contribution in [0.15, 0.2) is 35.9 Å². The van der Waals surface area contributed by atoms with Crippen LogP contribution in [0, 0.1) is 11.3 Å². The first-order valence-corrected chi connectivity index (χ1v) is 12.4. The minimum absolute atomic E-state index is 0.0231. The third-order valence-electron chi connectivity index (χ3n) is 6.84. The van der Waals surface area contributed by atoms with Gasteiger partial charge in [0.15, 0.2) is 0 Å². The van der Waals surface area contributed by atoms with Crippen molar-refractivity contribution < 1.29 is 19.5 Å². The number of nitrogens with two attached hydrogens (primary N) is 1. The first-order chi connectivity index (χ1) is 16.5. The Kier molecular flexibility index (Phi) is 10.9. The lowest BCUT2D eigenvalue weighted by molar-refractivity contribution is -0.141. The minimum atomic E-state index is -1.03. The molecule has 0 radical (unpaired) electrons. The van der Waals surface area contributed by atoms with Gasteiger partial charge in [-0.05, 0) is 36.4 Å². The minimum Gasteiger partial charge on any atom is -0.478 e. The Hall–Kier alpha value is -2.71. The average Bonchev–Trinajstić information content (AvgIpc) is 2.79. The lowest BCUT2D eigenvalue weighted by Crippen LogP contribution is -2.61. The van der Waals surface area contributed by atoms with Gasteiger partial charge in [-0.3, -0.25) is 9.59 Å². The number of carbonyl (C=O) groups excluding carboxylic acids is 2. The molecule has 0 saturated carbocycles. The van der Waals surface area contributed by atoms with Crippen LogP contribution in [0.5, 0.6) is 0 Å². The molecule has 0 aromatic heterocycles. The molecule has 0 aliphatic carbocycles. The van der Waals surface area contributed by atoms with E-state index in [9.17, 15) is 19.5 Å². The van der Waals surface area contributed by atoms with Crippen molar-refractivity contribution >= 4 is 17.8 Å². The fourth-order valence-corrected chi connectivity index (χ4v) is 4.36. The second-order valence-electron chi connectivity index (χ2n) is 11.5. The second-order valence-corrected chi connectivity index (χ2v) is 11.5. The number of nitrogens with one attached hydrogen (secondary N) is 2. The normalized spacial score (nSPS) is 15.3. The van der Waals surface area contributed by atoms with Crippen LogP contribution in [0.25, 0.3) is 0 Å². The van der Waals surface area contributed by atoms with Gasteiger partial charge >= 0.3 is 5.97 Å². The topological polar surface area (TPSA) is 125 Å². The van der Waals surface area contributed by atoms with Crippen LogP contribution in [0.2, 0.25) is 0 Å². The Labute approximate surface area is 216 Å². The molecule has 0 unspecified atom stereocenters. The second kappa shape index (κ2) is 12.5. The number of likely N-dealkylation sites (N-methyl/N-ethyl adjacent to an activating group) is 2. The summed E-state index contributed by atoms with van der Waals surface area (Å²) >= 11 is 0. The monoisotopic (exact) mass is 502 g/mol. The Morgan fingerprint density at radius 2 is 1.58 bits per heavy atom. The van der Waals surface area contributed by atoms with Crippen LogP contribution in [-0.2, 0) is 26.3 Å². The molecule has 0 spiro atoms. The Morgan fingerprint density at radius 1 is 1.06 bits per heavy atom. The lowest BCUT2D eigenvalue weighted by Gasteiger charge is -2.40. The number of hydrogen-bond acceptors (Lipinski definition) is 5. The van der Waals surface area contributed by atoms with Crippen LogP contribution in [0.4, 0.5) is 0 Å². The number of carboxylic acids is 1. The van der Waals surface area contributed by atoms with E-state index in [-0.39, 0.29) is 23.3 Å². The van der Waals surface area contributed by atoms with Gasteiger partial charge in [-0.2, -0.15) is 0 Å². The van der Waals surface area contributed by atoms with Crippen molar-refractivity contribution in [3.05, 3.63) is 47.0 Å². The molecule has 0 aliphatic rings. The summed E-state index contributed by atoms with van der Waals surface area (Å²) in [5.41, 5.74) is 6.71. The van der Waals surface area contributed by atoms with E-state index in [1.807, 2.05) is 72.7 Å². The average molecular weight is 503 g/mol. The van der Waals surface area contributed by atoms with Gasteiger partial charge in [-0.15, -0.1) is 0 Å². The van der Waals surface area contributed by atoms with E-state index in [4.69, 9.17) is 5.73 Å². The first-order valence-electron chi connectivity index (χ1n) is 12.4. The number of benzene rings is 1. The van der Waals surface area contributed by atoms with E-state index in [2.05, 4.69) is 10.6 Å². The molecule has 0 saturated heterocycles. The van der Waals surface area contributed by atoms with Gasteiger partial charge in [0.1, 0.15) is 6.04 Å². The van der Waals surface area contributed by atoms with Crippen molar-refractivity contribution in [1.82, 2.24) is 15.5 Å². The van der Waals surface area contributed by atoms with E-state index in [0.29, 0.717) is 6.54 Å². The third kappa shape index (κ3) is 7.64. The largest absolute Gasteiger partial charge is 0.478 e. The zero-order valence-corrected chi connectivity index (χ0v) is 23.6. The van der Waals surface area contributed by atoms with Gasteiger partial charge in [0.05, 0.1) is 12.1 Å². The smallest absolute Gasteiger partial charge is 0.331 e. The van der Waals surface area contributed by atoms with Crippen molar-refractivity contribution in [2.45, 2.75) is 85.5 Å². The van der Waals surface area contributed by atoms with Gasteiger partial charge in [-0.1, -0.05) is 78.8 Å². The molecule has 1 rings (SSSR count). The lowest BCUT2D eigenvalue weighted by atomic mass is 9.76. The van der Waals surface area contributed by atoms with Crippen LogP contribution in [-0.4, -0.2) is 60.0 Å². The van der Waals surface area contributed by atoms with E-state index >= 15 is 0 Å². The maximum absolute atomic E-state index is 13.7. The quantitative estimate of drug-likeness (QED) is 0.345. The van der Waals surface area contributed by atoms with E-state index in [1.165, 1.54) is 6.92 Å². The van der Waals surface area contributed by atoms with Crippen LogP contribution < -0.4 is 16.4 Å². The van der Waals surface area contributed by atoms with Gasteiger partial charge in [-0.25, -0.2) is 4.79 Å². The molecule has 36 heavy (non-hydrogen) atoms. The standard InChI is InChI=1S/C28H46N4O4/c1-17(2)21(15-18(3)26(35)36)32(10)25(34)23(27(4,5)6)31-24(33)22(30-9)28(7,8)20-13-11-19(16-29)12-14-20/h11-15,17,21-23,30H,16,29H2,1-10H3,(H,31,33)(H,35,36)/b18-15+/t21-,22+,23-/m1/s1. The summed E-state index contributed by atoms with van der Waals surface area (Å²) < 4.78 is 0. The highest BCUT2D eigenvalue weighted by molar-refractivity contribution is 5.91. The highest BCUT2D eigenvalue weighted by Crippen LogP contribution is 2.29. The van der Waals surface area contributed by atoms with Crippen molar-refractivity contribution in [3.63, 3.8) is 0 Å². The molecule has 1 aromatic rings. The molecule has 5 N–H and O–H groups in total. The number of nitrogens with zero attached hydrogens (tertiary/aromatic N) is 1. The molecule has 0 bridgehead atoms. The molecule has 2 amide bonds. The molecule has 8 nitrogen and oxygen atoms in total. The zero-order valence-electron chi connectivity index (χ0n) is 23.6. The maximum atomic E-state index is 13.7. The third-order valence-corrected chi connectivity index (χ3v) is 6.84. The van der Waals surface area contributed by atoms with E-state index < -0.39 is 34.9 Å². The fourth-order valence-electron chi connectivity index (χ4n) is 4.36. The molecule has 0 aliphatic heterocycles. The summed E-state index contributed by atoms with van der Waals surface area (Å²) in [6, 6.07) is 6.00. The van der Waals surface area contributed by atoms with E-state index in [0.717, 1.165) is 11.1 Å². The van der Waals surface area contributed by atoms with Gasteiger partial charge in [0.2, 0.25) is 11.8 Å². The van der Waals surface area contributed by atoms with Crippen molar-refractivity contribution in [2.24, 2.45) is 17.1 Å². The Bertz CT molecular complexity index is 945. The summed E-state index contributed by atoms with van der Waals surface area (Å²) in [6.45, 7) is 15.5. The number of carboxylic acid groups (broad SMARTS) is 1. The molecule has 3 atom stereocenters. The highest BCUT2D eigenvalue weighted by atomic mass is 16.4. The summed E-state index contributed by atoms with van der Waals surface area (Å²) in [4.78, 5) is 40.3. The number of carbonyl (C=O) groups is 3. The van der Waals surface area contributed by atoms with Crippen molar-refractivity contribution in [2.75, 3.05) is 14.1 Å². The highest BCUT2D eigenvalue weighted by Gasteiger charge is 2.41. The first kappa shape index (κ1) is 31.3. The predicted molar refractivity (Wildman–Crippen MR) is 144 cm³/mol. The molecule has 202 valence electrons. The Morgan fingerprint density at radius 3 is 1.97 bits per heavy atom. The summed E-state index contributed by atoms with van der Waals surface area (Å²) in [5, 5.41) is 15.5. The molecule has 0 fully saturated rings. The maximum Gasteiger partial charge on any atom is 0.331 e. The molecule has 0 heterocycles. The summed E-state index contributed by atoms with van der Waals surface area (Å²) in [5.74, 6) is -1.61. The van der Waals surface area contributed by atoms with Gasteiger partial charge in [0, 0.05) is 24.6 Å². The van der Waals surface area contributed by atoms with Gasteiger partial charge in [0.25, 0.3) is 0 Å². The zero-order chi connectivity index (χ0) is 28.0. The predicted octanol–water partition coefficient (Wildman–Crippen LogP) is 3.06. The molecule has 1 aromatic carbocycles. The Balaban J connectivity index is 3.30.